The number of hydrogen-bond donors (Lipinski definition) is 4. The van der Waals surface area contributed by atoms with Crippen molar-refractivity contribution in [1.82, 2.24) is 0 Å². The fraction of sp³-hybridized carbons (Fsp3) is 0.320. The summed E-state index contributed by atoms with van der Waals surface area (Å²) in [5.74, 6) is -12.1. The van der Waals surface area contributed by atoms with Crippen molar-refractivity contribution in [3.63, 3.8) is 0 Å². The van der Waals surface area contributed by atoms with Gasteiger partial charge in [0.1, 0.15) is 5.75 Å². The number of carbonyl (C=O) groups excluding carboxylic acids is 5. The van der Waals surface area contributed by atoms with Crippen LogP contribution in [0.1, 0.15) is 22.3 Å². The number of aromatic hydroxyl groups is 1. The number of benzene rings is 2. The lowest BCUT2D eigenvalue weighted by Gasteiger charge is -2.51. The fourth-order valence-electron chi connectivity index (χ4n) is 5.81. The van der Waals surface area contributed by atoms with Gasteiger partial charge in [-0.2, -0.15) is 0 Å². The van der Waals surface area contributed by atoms with Gasteiger partial charge in [0.2, 0.25) is 5.91 Å². The first-order chi connectivity index (χ1) is 16.1. The van der Waals surface area contributed by atoms with Gasteiger partial charge in [-0.15, -0.1) is 0 Å². The predicted octanol–water partition coefficient (Wildman–Crippen LogP) is -0.0353. The third kappa shape index (κ3) is 2.77. The van der Waals surface area contributed by atoms with E-state index < -0.39 is 70.8 Å². The van der Waals surface area contributed by atoms with E-state index in [2.05, 4.69) is 0 Å². The number of aliphatic hydroxyl groups is 2. The Kier molecular flexibility index (Phi) is 4.82. The topological polar surface area (TPSA) is 172 Å². The van der Waals surface area contributed by atoms with Gasteiger partial charge in [0, 0.05) is 23.8 Å². The molecule has 0 bridgehead atoms. The summed E-state index contributed by atoms with van der Waals surface area (Å²) in [6.07, 6.45) is -2.15. The van der Waals surface area contributed by atoms with E-state index in [9.17, 15) is 39.3 Å². The third-order valence-electron chi connectivity index (χ3n) is 7.47. The van der Waals surface area contributed by atoms with Gasteiger partial charge >= 0.3 is 0 Å². The zero-order valence-electron chi connectivity index (χ0n) is 17.8. The smallest absolute Gasteiger partial charge is 0.235 e. The van der Waals surface area contributed by atoms with Crippen LogP contribution < -0.4 is 5.73 Å². The number of amides is 1. The largest absolute Gasteiger partial charge is 0.507 e. The highest BCUT2D eigenvalue weighted by molar-refractivity contribution is 6.31. The molecule has 2 saturated carbocycles. The highest BCUT2D eigenvalue weighted by Gasteiger charge is 2.69. The van der Waals surface area contributed by atoms with Crippen LogP contribution in [0.2, 0.25) is 0 Å². The number of rotatable bonds is 2. The molecule has 0 saturated heterocycles. The van der Waals surface area contributed by atoms with E-state index in [0.717, 1.165) is 0 Å². The van der Waals surface area contributed by atoms with Crippen molar-refractivity contribution in [2.24, 2.45) is 29.4 Å². The van der Waals surface area contributed by atoms with Gasteiger partial charge in [-0.1, -0.05) is 42.5 Å². The molecule has 5 N–H and O–H groups in total. The molecule has 3 aliphatic rings. The molecule has 2 aromatic carbocycles. The molecule has 3 aliphatic carbocycles. The van der Waals surface area contributed by atoms with E-state index >= 15 is 0 Å². The molecular formula is C25H21NO8. The van der Waals surface area contributed by atoms with Crippen molar-refractivity contribution < 1.29 is 39.3 Å². The second kappa shape index (κ2) is 7.41. The molecule has 9 nitrogen and oxygen atoms in total. The second-order valence-corrected chi connectivity index (χ2v) is 9.17. The second-order valence-electron chi connectivity index (χ2n) is 9.17. The number of carbonyl (C=O) groups is 5. The number of fused-ring (bicyclic) bond motifs is 3. The van der Waals surface area contributed by atoms with Gasteiger partial charge in [0.25, 0.3) is 0 Å². The van der Waals surface area contributed by atoms with Crippen LogP contribution in [0.3, 0.4) is 0 Å². The molecule has 2 fully saturated rings. The van der Waals surface area contributed by atoms with Gasteiger partial charge in [0.15, 0.2) is 34.7 Å². The molecular weight excluding hydrogens is 442 g/mol. The number of hydrogen-bond acceptors (Lipinski definition) is 8. The third-order valence-corrected chi connectivity index (χ3v) is 7.47. The van der Waals surface area contributed by atoms with Gasteiger partial charge in [-0.25, -0.2) is 0 Å². The van der Waals surface area contributed by atoms with E-state index in [4.69, 9.17) is 5.73 Å². The zero-order chi connectivity index (χ0) is 24.5. The van der Waals surface area contributed by atoms with Crippen LogP contribution in [0.15, 0.2) is 42.5 Å². The fourth-order valence-corrected chi connectivity index (χ4v) is 5.81. The molecule has 34 heavy (non-hydrogen) atoms. The molecule has 6 atom stereocenters. The van der Waals surface area contributed by atoms with Crippen LogP contribution in [-0.2, 0) is 25.6 Å². The van der Waals surface area contributed by atoms with E-state index in [0.29, 0.717) is 16.7 Å². The van der Waals surface area contributed by atoms with Crippen molar-refractivity contribution in [2.75, 3.05) is 0 Å². The van der Waals surface area contributed by atoms with E-state index in [1.54, 1.807) is 42.5 Å². The molecule has 0 aromatic heterocycles. The minimum absolute atomic E-state index is 0.00941. The Balaban J connectivity index is 1.63. The zero-order valence-corrected chi connectivity index (χ0v) is 17.8. The minimum atomic E-state index is -2.91. The number of aliphatic hydroxyl groups excluding tert-OH is 1. The Morgan fingerprint density at radius 1 is 0.971 bits per heavy atom. The molecule has 2 aromatic rings. The summed E-state index contributed by atoms with van der Waals surface area (Å²) in [4.78, 5) is 64.1. The van der Waals surface area contributed by atoms with E-state index in [1.807, 2.05) is 0 Å². The lowest BCUT2D eigenvalue weighted by Crippen LogP contribution is -2.72. The average Bonchev–Trinajstić information content (AvgIpc) is 2.80. The van der Waals surface area contributed by atoms with Crippen LogP contribution in [0, 0.1) is 23.7 Å². The lowest BCUT2D eigenvalue weighted by atomic mass is 9.52. The van der Waals surface area contributed by atoms with Crippen LogP contribution in [-0.4, -0.2) is 56.1 Å². The maximum absolute atomic E-state index is 13.5. The Morgan fingerprint density at radius 2 is 1.65 bits per heavy atom. The molecule has 5 rings (SSSR count). The summed E-state index contributed by atoms with van der Waals surface area (Å²) in [5.41, 5.74) is 3.54. The highest BCUT2D eigenvalue weighted by Crippen LogP contribution is 2.50. The molecule has 0 heterocycles. The predicted molar refractivity (Wildman–Crippen MR) is 115 cm³/mol. The first-order valence-electron chi connectivity index (χ1n) is 10.8. The number of phenolic OH excluding ortho intramolecular Hbond substituents is 1. The quantitative estimate of drug-likeness (QED) is 0.449. The van der Waals surface area contributed by atoms with Crippen molar-refractivity contribution in [1.29, 1.82) is 0 Å². The summed E-state index contributed by atoms with van der Waals surface area (Å²) in [6, 6.07) is 12.0. The average molecular weight is 463 g/mol. The number of nitrogens with two attached hydrogens (primary N) is 1. The molecule has 0 spiro atoms. The summed E-state index contributed by atoms with van der Waals surface area (Å²) < 4.78 is 0. The van der Waals surface area contributed by atoms with Crippen LogP contribution in [0.4, 0.5) is 0 Å². The number of ketones is 4. The lowest BCUT2D eigenvalue weighted by molar-refractivity contribution is -0.188. The Hall–Kier alpha value is -3.69. The number of Topliss-reactive ketones (excluding diaryl/α,β-unsaturated/α-hetero) is 4. The van der Waals surface area contributed by atoms with Gasteiger partial charge in [0.05, 0.1) is 17.6 Å². The van der Waals surface area contributed by atoms with Crippen LogP contribution in [0.25, 0.3) is 11.1 Å². The summed E-state index contributed by atoms with van der Waals surface area (Å²) in [7, 11) is 0. The maximum Gasteiger partial charge on any atom is 0.235 e. The Labute approximate surface area is 193 Å². The van der Waals surface area contributed by atoms with Gasteiger partial charge < -0.3 is 21.1 Å². The normalized spacial score (nSPS) is 32.6. The van der Waals surface area contributed by atoms with Crippen LogP contribution in [0.5, 0.6) is 5.75 Å². The van der Waals surface area contributed by atoms with Crippen molar-refractivity contribution in [3.05, 3.63) is 53.6 Å². The molecule has 0 radical (unpaired) electrons. The highest BCUT2D eigenvalue weighted by atomic mass is 16.3. The summed E-state index contributed by atoms with van der Waals surface area (Å²) in [5, 5.41) is 33.2. The standard InChI is InChI=1S/C25H21NO8/c26-24(33)18-15(27)9-14-19(28)13-8-11-6-7-12(10-4-2-1-3-5-10)20(29)16(11)21(30)17(13)22(31)25(14,34)23(18)32/h1-7,13-14,17-19,28-29,34H,8-9H2,(H2,26,33)/t13-,14-,17?,18?,19+,25+/m1/s1. The van der Waals surface area contributed by atoms with Crippen molar-refractivity contribution in [2.45, 2.75) is 24.5 Å². The monoisotopic (exact) mass is 463 g/mol. The Morgan fingerprint density at radius 3 is 2.29 bits per heavy atom. The SMILES string of the molecule is NC(=O)C1C(=O)C[C@@H]2[C@@H](O)[C@@H]3Cc4ccc(-c5ccccc5)c(O)c4C(=O)C3C(=O)[C@]2(O)C1=O. The summed E-state index contributed by atoms with van der Waals surface area (Å²) >= 11 is 0. The van der Waals surface area contributed by atoms with E-state index in [1.165, 1.54) is 0 Å². The summed E-state index contributed by atoms with van der Waals surface area (Å²) in [6.45, 7) is 0. The number of primary amides is 1. The van der Waals surface area contributed by atoms with E-state index in [-0.39, 0.29) is 17.7 Å². The first kappa shape index (κ1) is 22.1. The molecule has 9 heteroatoms. The van der Waals surface area contributed by atoms with Gasteiger partial charge in [-0.3, -0.25) is 24.0 Å². The van der Waals surface area contributed by atoms with Gasteiger partial charge in [-0.05, 0) is 17.5 Å². The van der Waals surface area contributed by atoms with Crippen LogP contribution >= 0.6 is 0 Å². The molecule has 2 unspecified atom stereocenters. The van der Waals surface area contributed by atoms with Crippen molar-refractivity contribution in [3.8, 4) is 16.9 Å². The molecule has 174 valence electrons. The minimum Gasteiger partial charge on any atom is -0.507 e. The molecule has 0 aliphatic heterocycles. The maximum atomic E-state index is 13.5. The Bertz CT molecular complexity index is 1290. The number of phenols is 1. The molecule has 1 amide bonds. The van der Waals surface area contributed by atoms with Crippen molar-refractivity contribution >= 4 is 29.0 Å². The first-order valence-corrected chi connectivity index (χ1v) is 10.8.